The van der Waals surface area contributed by atoms with Gasteiger partial charge in [0.2, 0.25) is 5.13 Å². The van der Waals surface area contributed by atoms with Gasteiger partial charge in [-0.3, -0.25) is 0 Å². The van der Waals surface area contributed by atoms with Gasteiger partial charge in [0, 0.05) is 13.1 Å². The molecule has 20 heavy (non-hydrogen) atoms. The third kappa shape index (κ3) is 2.64. The van der Waals surface area contributed by atoms with Crippen LogP contribution in [0.3, 0.4) is 0 Å². The van der Waals surface area contributed by atoms with E-state index in [4.69, 9.17) is 10.7 Å². The number of nitrogen functional groups attached to an aromatic ring is 1. The third-order valence-electron chi connectivity index (χ3n) is 3.71. The number of piperidine rings is 1. The van der Waals surface area contributed by atoms with Crippen molar-refractivity contribution in [1.29, 1.82) is 0 Å². The minimum Gasteiger partial charge on any atom is -0.374 e. The molecule has 0 saturated carbocycles. The number of aromatic nitrogens is 3. The Morgan fingerprint density at radius 1 is 1.25 bits per heavy atom. The van der Waals surface area contributed by atoms with Crippen molar-refractivity contribution in [3.05, 3.63) is 5.69 Å². The zero-order valence-electron chi connectivity index (χ0n) is 11.8. The highest BCUT2D eigenvalue weighted by Gasteiger charge is 2.22. The summed E-state index contributed by atoms with van der Waals surface area (Å²) in [5.74, 6) is 0.833. The molecule has 0 radical (unpaired) electrons. The van der Waals surface area contributed by atoms with E-state index in [0.717, 1.165) is 46.1 Å². The highest BCUT2D eigenvalue weighted by atomic mass is 32.1. The Kier molecular flexibility index (Phi) is 3.89. The van der Waals surface area contributed by atoms with Gasteiger partial charge in [-0.15, -0.1) is 10.2 Å². The largest absolute Gasteiger partial charge is 0.374 e. The number of nitrogens with two attached hydrogens (primary N) is 1. The minimum absolute atomic E-state index is 0.517. The predicted octanol–water partition coefficient (Wildman–Crippen LogP) is 3.04. The molecule has 0 atom stereocenters. The van der Waals surface area contributed by atoms with E-state index < -0.39 is 0 Å². The Balaban J connectivity index is 1.88. The first kappa shape index (κ1) is 13.8. The highest BCUT2D eigenvalue weighted by Crippen LogP contribution is 2.38. The van der Waals surface area contributed by atoms with Crippen LogP contribution in [0.1, 0.15) is 32.4 Å². The van der Waals surface area contributed by atoms with E-state index in [9.17, 15) is 0 Å². The standard InChI is InChI=1S/C13H19N5S2/c1-3-9-10(11-16-17-12(14)20-11)19-13(15-9)18-6-4-8(2)5-7-18/h8H,3-7H2,1-2H3,(H2,14,17). The second kappa shape index (κ2) is 5.65. The summed E-state index contributed by atoms with van der Waals surface area (Å²) in [4.78, 5) is 8.34. The van der Waals surface area contributed by atoms with Gasteiger partial charge >= 0.3 is 0 Å². The summed E-state index contributed by atoms with van der Waals surface area (Å²) in [6.07, 6.45) is 3.42. The Labute approximate surface area is 126 Å². The second-order valence-corrected chi connectivity index (χ2v) is 7.23. The normalized spacial score (nSPS) is 16.8. The molecule has 3 heterocycles. The summed E-state index contributed by atoms with van der Waals surface area (Å²) in [6.45, 7) is 6.67. The summed E-state index contributed by atoms with van der Waals surface area (Å²) in [7, 11) is 0. The van der Waals surface area contributed by atoms with Gasteiger partial charge in [0.15, 0.2) is 10.1 Å². The smallest absolute Gasteiger partial charge is 0.203 e. The molecule has 5 nitrogen and oxygen atoms in total. The molecule has 7 heteroatoms. The van der Waals surface area contributed by atoms with Crippen molar-refractivity contribution < 1.29 is 0 Å². The third-order valence-corrected chi connectivity index (χ3v) is 5.77. The average Bonchev–Trinajstić information content (AvgIpc) is 3.05. The summed E-state index contributed by atoms with van der Waals surface area (Å²) >= 11 is 3.16. The molecule has 2 N–H and O–H groups in total. The minimum atomic E-state index is 0.517. The number of hydrogen-bond acceptors (Lipinski definition) is 7. The molecule has 0 bridgehead atoms. The van der Waals surface area contributed by atoms with Crippen LogP contribution in [-0.2, 0) is 6.42 Å². The molecule has 0 unspecified atom stereocenters. The lowest BCUT2D eigenvalue weighted by atomic mass is 10.00. The maximum absolute atomic E-state index is 5.69. The van der Waals surface area contributed by atoms with Gasteiger partial charge in [-0.05, 0) is 25.2 Å². The monoisotopic (exact) mass is 309 g/mol. The highest BCUT2D eigenvalue weighted by molar-refractivity contribution is 7.25. The Bertz CT molecular complexity index is 583. The SMILES string of the molecule is CCc1nc(N2CCC(C)CC2)sc1-c1nnc(N)s1. The van der Waals surface area contributed by atoms with E-state index in [2.05, 4.69) is 28.9 Å². The number of anilines is 2. The summed E-state index contributed by atoms with van der Waals surface area (Å²) < 4.78 is 0. The average molecular weight is 309 g/mol. The number of rotatable bonds is 3. The maximum atomic E-state index is 5.69. The molecule has 1 fully saturated rings. The van der Waals surface area contributed by atoms with Gasteiger partial charge in [-0.25, -0.2) is 4.98 Å². The van der Waals surface area contributed by atoms with E-state index in [0.29, 0.717) is 5.13 Å². The molecule has 108 valence electrons. The van der Waals surface area contributed by atoms with Crippen LogP contribution in [0.15, 0.2) is 0 Å². The molecule has 1 aliphatic heterocycles. The van der Waals surface area contributed by atoms with Gasteiger partial charge in [-0.2, -0.15) is 0 Å². The number of thiazole rings is 1. The van der Waals surface area contributed by atoms with E-state index in [-0.39, 0.29) is 0 Å². The van der Waals surface area contributed by atoms with Crippen molar-refractivity contribution in [3.63, 3.8) is 0 Å². The molecule has 0 spiro atoms. The fourth-order valence-corrected chi connectivity index (χ4v) is 4.32. The number of nitrogens with zero attached hydrogens (tertiary/aromatic N) is 4. The molecule has 2 aromatic heterocycles. The van der Waals surface area contributed by atoms with Gasteiger partial charge < -0.3 is 10.6 Å². The molecule has 1 saturated heterocycles. The van der Waals surface area contributed by atoms with Gasteiger partial charge in [0.25, 0.3) is 0 Å². The van der Waals surface area contributed by atoms with Crippen LogP contribution >= 0.6 is 22.7 Å². The Hall–Kier alpha value is -1.21. The lowest BCUT2D eigenvalue weighted by molar-refractivity contribution is 0.438. The molecule has 0 aliphatic carbocycles. The van der Waals surface area contributed by atoms with Crippen molar-refractivity contribution in [2.75, 3.05) is 23.7 Å². The van der Waals surface area contributed by atoms with E-state index in [1.165, 1.54) is 24.2 Å². The van der Waals surface area contributed by atoms with Crippen LogP contribution in [0, 0.1) is 5.92 Å². The fraction of sp³-hybridized carbons (Fsp3) is 0.615. The van der Waals surface area contributed by atoms with Crippen molar-refractivity contribution >= 4 is 32.9 Å². The van der Waals surface area contributed by atoms with Crippen molar-refractivity contribution in [3.8, 4) is 9.88 Å². The first-order valence-corrected chi connectivity index (χ1v) is 8.64. The summed E-state index contributed by atoms with van der Waals surface area (Å²) in [6, 6.07) is 0. The topological polar surface area (TPSA) is 67.9 Å². The molecular weight excluding hydrogens is 290 g/mol. The van der Waals surface area contributed by atoms with Gasteiger partial charge in [0.1, 0.15) is 0 Å². The van der Waals surface area contributed by atoms with E-state index >= 15 is 0 Å². The lowest BCUT2D eigenvalue weighted by Crippen LogP contribution is -2.32. The lowest BCUT2D eigenvalue weighted by Gasteiger charge is -2.29. The first-order valence-electron chi connectivity index (χ1n) is 7.01. The number of hydrogen-bond donors (Lipinski definition) is 1. The number of aryl methyl sites for hydroxylation is 1. The van der Waals surface area contributed by atoms with Crippen LogP contribution in [0.2, 0.25) is 0 Å². The second-order valence-electron chi connectivity index (χ2n) is 5.24. The van der Waals surface area contributed by atoms with E-state index in [1.54, 1.807) is 11.3 Å². The van der Waals surface area contributed by atoms with Crippen LogP contribution < -0.4 is 10.6 Å². The zero-order chi connectivity index (χ0) is 14.1. The van der Waals surface area contributed by atoms with Crippen LogP contribution in [0.5, 0.6) is 0 Å². The van der Waals surface area contributed by atoms with Crippen molar-refractivity contribution in [1.82, 2.24) is 15.2 Å². The Morgan fingerprint density at radius 2 is 2.00 bits per heavy atom. The van der Waals surface area contributed by atoms with Crippen molar-refractivity contribution in [2.45, 2.75) is 33.1 Å². The molecule has 0 aromatic carbocycles. The predicted molar refractivity (Wildman–Crippen MR) is 85.4 cm³/mol. The molecule has 3 rings (SSSR count). The van der Waals surface area contributed by atoms with Crippen LogP contribution in [0.4, 0.5) is 10.3 Å². The summed E-state index contributed by atoms with van der Waals surface area (Å²) in [5, 5.41) is 10.6. The molecular formula is C13H19N5S2. The quantitative estimate of drug-likeness (QED) is 0.944. The maximum Gasteiger partial charge on any atom is 0.203 e. The van der Waals surface area contributed by atoms with Gasteiger partial charge in [-0.1, -0.05) is 36.5 Å². The van der Waals surface area contributed by atoms with Crippen LogP contribution in [0.25, 0.3) is 9.88 Å². The van der Waals surface area contributed by atoms with E-state index in [1.807, 2.05) is 0 Å². The molecule has 2 aromatic rings. The summed E-state index contributed by atoms with van der Waals surface area (Å²) in [5.41, 5.74) is 6.80. The molecule has 0 amide bonds. The van der Waals surface area contributed by atoms with Crippen LogP contribution in [-0.4, -0.2) is 28.3 Å². The van der Waals surface area contributed by atoms with Crippen molar-refractivity contribution in [2.24, 2.45) is 5.92 Å². The fourth-order valence-electron chi connectivity index (χ4n) is 2.41. The first-order chi connectivity index (χ1) is 9.67. The van der Waals surface area contributed by atoms with Gasteiger partial charge in [0.05, 0.1) is 10.6 Å². The molecule has 1 aliphatic rings. The zero-order valence-corrected chi connectivity index (χ0v) is 13.4. The Morgan fingerprint density at radius 3 is 2.60 bits per heavy atom.